The maximum Gasteiger partial charge on any atom is 0.323 e. The van der Waals surface area contributed by atoms with E-state index in [4.69, 9.17) is 0 Å². The topological polar surface area (TPSA) is 80.0 Å². The Morgan fingerprint density at radius 1 is 1.29 bits per heavy atom. The van der Waals surface area contributed by atoms with Crippen molar-refractivity contribution >= 4 is 5.97 Å². The van der Waals surface area contributed by atoms with E-state index in [0.717, 1.165) is 37.5 Å². The molecule has 0 amide bonds. The molecule has 1 aromatic rings. The highest BCUT2D eigenvalue weighted by Crippen LogP contribution is 2.19. The summed E-state index contributed by atoms with van der Waals surface area (Å²) in [4.78, 5) is 16.0. The second kappa shape index (κ2) is 8.12. The maximum absolute atomic E-state index is 11.6. The zero-order valence-electron chi connectivity index (χ0n) is 13.6. The number of carboxylic acids is 1. The van der Waals surface area contributed by atoms with Crippen LogP contribution in [0.15, 0.2) is 0 Å². The van der Waals surface area contributed by atoms with Gasteiger partial charge in [0.15, 0.2) is 5.82 Å². The second-order valence-corrected chi connectivity index (χ2v) is 5.25. The van der Waals surface area contributed by atoms with Crippen molar-refractivity contribution in [3.05, 3.63) is 11.6 Å². The maximum atomic E-state index is 11.6. The first kappa shape index (κ1) is 17.6. The molecule has 0 aliphatic heterocycles. The van der Waals surface area contributed by atoms with Crippen LogP contribution in [0.3, 0.4) is 0 Å². The Balaban J connectivity index is 2.69. The normalized spacial score (nSPS) is 14.1. The fraction of sp³-hybridized carbons (Fsp3) is 0.800. The molecule has 0 aliphatic carbocycles. The van der Waals surface area contributed by atoms with Crippen LogP contribution in [0.4, 0.5) is 0 Å². The third-order valence-corrected chi connectivity index (χ3v) is 3.93. The van der Waals surface area contributed by atoms with Gasteiger partial charge < -0.3 is 10.4 Å². The number of hydrogen-bond acceptors (Lipinski definition) is 4. The van der Waals surface area contributed by atoms with Crippen molar-refractivity contribution in [2.75, 3.05) is 6.54 Å². The molecule has 0 saturated carbocycles. The first-order chi connectivity index (χ1) is 10.0. The van der Waals surface area contributed by atoms with E-state index in [1.165, 1.54) is 0 Å². The minimum absolute atomic E-state index is 0.578. The number of hydrogen-bond donors (Lipinski definition) is 2. The summed E-state index contributed by atoms with van der Waals surface area (Å²) in [7, 11) is 0. The first-order valence-electron chi connectivity index (χ1n) is 7.93. The number of nitrogens with zero attached hydrogens (tertiary/aromatic N) is 3. The molecule has 0 radical (unpaired) electrons. The first-order valence-corrected chi connectivity index (χ1v) is 7.93. The van der Waals surface area contributed by atoms with Crippen LogP contribution >= 0.6 is 0 Å². The summed E-state index contributed by atoms with van der Waals surface area (Å²) < 4.78 is 1.92. The molecule has 0 aliphatic rings. The van der Waals surface area contributed by atoms with Crippen LogP contribution in [0.2, 0.25) is 0 Å². The number of aromatic nitrogens is 3. The van der Waals surface area contributed by atoms with Gasteiger partial charge in [-0.2, -0.15) is 5.10 Å². The third-order valence-electron chi connectivity index (χ3n) is 3.93. The van der Waals surface area contributed by atoms with Crippen LogP contribution in [0.5, 0.6) is 0 Å². The third kappa shape index (κ3) is 4.27. The highest BCUT2D eigenvalue weighted by molar-refractivity contribution is 5.78. The average molecular weight is 296 g/mol. The summed E-state index contributed by atoms with van der Waals surface area (Å²) in [6.45, 7) is 9.33. The Hall–Kier alpha value is -1.43. The van der Waals surface area contributed by atoms with Crippen LogP contribution in [-0.2, 0) is 24.2 Å². The lowest BCUT2D eigenvalue weighted by molar-refractivity contribution is -0.145. The second-order valence-electron chi connectivity index (χ2n) is 5.25. The number of likely N-dealkylation sites (N-methyl/N-ethyl adjacent to an activating group) is 1. The molecule has 0 saturated heterocycles. The van der Waals surface area contributed by atoms with Gasteiger partial charge in [0, 0.05) is 19.4 Å². The Kier molecular flexibility index (Phi) is 6.81. The van der Waals surface area contributed by atoms with E-state index >= 15 is 0 Å². The molecule has 0 spiro atoms. The largest absolute Gasteiger partial charge is 0.480 e. The molecular weight excluding hydrogens is 268 g/mol. The van der Waals surface area contributed by atoms with Gasteiger partial charge in [-0.1, -0.05) is 27.7 Å². The lowest BCUT2D eigenvalue weighted by Gasteiger charge is -2.29. The van der Waals surface area contributed by atoms with E-state index in [2.05, 4.69) is 22.3 Å². The minimum Gasteiger partial charge on any atom is -0.480 e. The number of aliphatic carboxylic acids is 1. The smallest absolute Gasteiger partial charge is 0.323 e. The zero-order valence-corrected chi connectivity index (χ0v) is 13.6. The molecule has 0 aromatic carbocycles. The number of carbonyl (C=O) groups is 1. The molecule has 0 fully saturated rings. The van der Waals surface area contributed by atoms with Gasteiger partial charge in [0.05, 0.1) is 0 Å². The monoisotopic (exact) mass is 296 g/mol. The fourth-order valence-electron chi connectivity index (χ4n) is 2.61. The van der Waals surface area contributed by atoms with Crippen molar-refractivity contribution in [1.29, 1.82) is 0 Å². The van der Waals surface area contributed by atoms with E-state index in [9.17, 15) is 9.90 Å². The summed E-state index contributed by atoms with van der Waals surface area (Å²) in [6, 6.07) is 0. The van der Waals surface area contributed by atoms with E-state index in [1.807, 2.05) is 25.5 Å². The Labute approximate surface area is 127 Å². The minimum atomic E-state index is -0.824. The standard InChI is InChI=1S/C15H28N4O2/c1-5-12-17-13(6-2)19(18-12)11-9-10-15(7-3,14(20)21)16-8-4/h16H,5-11H2,1-4H3,(H,20,21). The number of rotatable bonds is 10. The van der Waals surface area contributed by atoms with Crippen molar-refractivity contribution in [3.63, 3.8) is 0 Å². The quantitative estimate of drug-likeness (QED) is 0.690. The van der Waals surface area contributed by atoms with Crippen molar-refractivity contribution in [2.24, 2.45) is 0 Å². The summed E-state index contributed by atoms with van der Waals surface area (Å²) in [6.07, 6.45) is 3.61. The molecule has 2 N–H and O–H groups in total. The van der Waals surface area contributed by atoms with Crippen LogP contribution in [-0.4, -0.2) is 37.9 Å². The van der Waals surface area contributed by atoms with Crippen molar-refractivity contribution in [3.8, 4) is 0 Å². The van der Waals surface area contributed by atoms with Crippen LogP contribution in [0, 0.1) is 0 Å². The molecule has 1 unspecified atom stereocenters. The number of nitrogens with one attached hydrogen (secondary N) is 1. The molecule has 6 heteroatoms. The number of carboxylic acid groups (broad SMARTS) is 1. The summed E-state index contributed by atoms with van der Waals surface area (Å²) in [5.41, 5.74) is -0.824. The van der Waals surface area contributed by atoms with Crippen LogP contribution < -0.4 is 5.32 Å². The SMILES string of the molecule is CCNC(CC)(CCCn1nc(CC)nc1CC)C(=O)O. The lowest BCUT2D eigenvalue weighted by atomic mass is 9.90. The molecular formula is C15H28N4O2. The zero-order chi connectivity index (χ0) is 15.9. The van der Waals surface area contributed by atoms with Gasteiger partial charge in [-0.15, -0.1) is 0 Å². The Morgan fingerprint density at radius 2 is 2.00 bits per heavy atom. The van der Waals surface area contributed by atoms with Gasteiger partial charge in [0.2, 0.25) is 0 Å². The van der Waals surface area contributed by atoms with Gasteiger partial charge in [0.25, 0.3) is 0 Å². The molecule has 120 valence electrons. The van der Waals surface area contributed by atoms with E-state index in [0.29, 0.717) is 19.4 Å². The van der Waals surface area contributed by atoms with Crippen LogP contribution in [0.1, 0.15) is 58.6 Å². The predicted octanol–water partition coefficient (Wildman–Crippen LogP) is 2.03. The molecule has 1 atom stereocenters. The van der Waals surface area contributed by atoms with Gasteiger partial charge in [-0.25, -0.2) is 9.67 Å². The predicted molar refractivity (Wildman–Crippen MR) is 82.3 cm³/mol. The van der Waals surface area contributed by atoms with Crippen molar-refractivity contribution in [2.45, 2.75) is 71.9 Å². The molecule has 21 heavy (non-hydrogen) atoms. The van der Waals surface area contributed by atoms with Crippen molar-refractivity contribution in [1.82, 2.24) is 20.1 Å². The van der Waals surface area contributed by atoms with Gasteiger partial charge in [0.1, 0.15) is 11.4 Å². The lowest BCUT2D eigenvalue weighted by Crippen LogP contribution is -2.51. The average Bonchev–Trinajstić information content (AvgIpc) is 2.88. The highest BCUT2D eigenvalue weighted by Gasteiger charge is 2.35. The van der Waals surface area contributed by atoms with Gasteiger partial charge >= 0.3 is 5.97 Å². The molecule has 0 bridgehead atoms. The molecule has 1 heterocycles. The van der Waals surface area contributed by atoms with Gasteiger partial charge in [-0.05, 0) is 25.8 Å². The van der Waals surface area contributed by atoms with Gasteiger partial charge in [-0.3, -0.25) is 4.79 Å². The van der Waals surface area contributed by atoms with E-state index < -0.39 is 11.5 Å². The fourth-order valence-corrected chi connectivity index (χ4v) is 2.61. The Morgan fingerprint density at radius 3 is 2.48 bits per heavy atom. The van der Waals surface area contributed by atoms with E-state index in [-0.39, 0.29) is 0 Å². The summed E-state index contributed by atoms with van der Waals surface area (Å²) in [5, 5.41) is 17.1. The van der Waals surface area contributed by atoms with E-state index in [1.54, 1.807) is 0 Å². The summed E-state index contributed by atoms with van der Waals surface area (Å²) in [5.74, 6) is 1.07. The Bertz CT molecular complexity index is 459. The van der Waals surface area contributed by atoms with Crippen LogP contribution in [0.25, 0.3) is 0 Å². The molecule has 1 rings (SSSR count). The number of aryl methyl sites for hydroxylation is 3. The summed E-state index contributed by atoms with van der Waals surface area (Å²) >= 11 is 0. The highest BCUT2D eigenvalue weighted by atomic mass is 16.4. The van der Waals surface area contributed by atoms with Crippen molar-refractivity contribution < 1.29 is 9.90 Å². The molecule has 6 nitrogen and oxygen atoms in total. The molecule has 1 aromatic heterocycles.